The molecule has 136 valence electrons. The van der Waals surface area contributed by atoms with Gasteiger partial charge in [-0.1, -0.05) is 12.1 Å². The molecule has 0 fully saturated rings. The lowest BCUT2D eigenvalue weighted by atomic mass is 10.1. The zero-order valence-corrected chi connectivity index (χ0v) is 15.7. The van der Waals surface area contributed by atoms with Crippen LogP contribution in [-0.4, -0.2) is 32.7 Å². The van der Waals surface area contributed by atoms with Crippen LogP contribution in [-0.2, 0) is 25.1 Å². The first-order chi connectivity index (χ1) is 12.2. The largest absolute Gasteiger partial charge is 0.449 e. The molecular weight excluding hydrogens is 376 g/mol. The third-order valence-corrected chi connectivity index (χ3v) is 4.95. The normalized spacial score (nSPS) is 12.0. The van der Waals surface area contributed by atoms with E-state index in [2.05, 4.69) is 5.32 Å². The van der Waals surface area contributed by atoms with Gasteiger partial charge >= 0.3 is 5.97 Å². The van der Waals surface area contributed by atoms with Crippen molar-refractivity contribution in [1.29, 1.82) is 5.26 Å². The van der Waals surface area contributed by atoms with Gasteiger partial charge in [-0.05, 0) is 36.1 Å². The number of nitriles is 1. The van der Waals surface area contributed by atoms with E-state index in [1.54, 1.807) is 23.6 Å². The topological polar surface area (TPSA) is 113 Å². The molecule has 1 N–H and O–H groups in total. The summed E-state index contributed by atoms with van der Waals surface area (Å²) in [6.07, 6.45) is 0.0134. The van der Waals surface area contributed by atoms with Crippen molar-refractivity contribution in [2.75, 3.05) is 11.6 Å². The number of ether oxygens (including phenoxy) is 1. The molecule has 9 heteroatoms. The number of nitrogens with one attached hydrogen (secondary N) is 1. The summed E-state index contributed by atoms with van der Waals surface area (Å²) in [7, 11) is -3.23. The Bertz CT molecular complexity index is 973. The Labute approximate surface area is 155 Å². The number of nitrogens with zero attached hydrogens (tertiary/aromatic N) is 1. The Kier molecular flexibility index (Phi) is 6.13. The first kappa shape index (κ1) is 19.6. The highest BCUT2D eigenvalue weighted by Crippen LogP contribution is 2.22. The van der Waals surface area contributed by atoms with E-state index in [9.17, 15) is 18.0 Å². The lowest BCUT2D eigenvalue weighted by molar-refractivity contribution is -0.123. The van der Waals surface area contributed by atoms with E-state index in [0.29, 0.717) is 16.1 Å². The van der Waals surface area contributed by atoms with Gasteiger partial charge in [0.25, 0.3) is 5.91 Å². The maximum absolute atomic E-state index is 12.2. The van der Waals surface area contributed by atoms with Gasteiger partial charge in [-0.2, -0.15) is 5.26 Å². The minimum Gasteiger partial charge on any atom is -0.449 e. The fourth-order valence-corrected chi connectivity index (χ4v) is 3.61. The number of amides is 1. The average molecular weight is 392 g/mol. The van der Waals surface area contributed by atoms with Gasteiger partial charge in [0.15, 0.2) is 15.9 Å². The van der Waals surface area contributed by atoms with Crippen molar-refractivity contribution in [3.05, 3.63) is 52.4 Å². The smallest absolute Gasteiger partial charge is 0.338 e. The summed E-state index contributed by atoms with van der Waals surface area (Å²) in [5.74, 6) is -1.50. The Morgan fingerprint density at radius 3 is 2.73 bits per heavy atom. The van der Waals surface area contributed by atoms with Gasteiger partial charge in [0.1, 0.15) is 11.1 Å². The van der Waals surface area contributed by atoms with E-state index in [-0.39, 0.29) is 11.3 Å². The second-order valence-corrected chi connectivity index (χ2v) is 8.64. The van der Waals surface area contributed by atoms with Gasteiger partial charge in [0.05, 0.1) is 16.9 Å². The van der Waals surface area contributed by atoms with Crippen molar-refractivity contribution in [1.82, 2.24) is 0 Å². The first-order valence-electron chi connectivity index (χ1n) is 7.45. The minimum atomic E-state index is -3.23. The number of anilines is 1. The summed E-state index contributed by atoms with van der Waals surface area (Å²) < 4.78 is 27.8. The van der Waals surface area contributed by atoms with Crippen molar-refractivity contribution in [3.63, 3.8) is 0 Å². The van der Waals surface area contributed by atoms with Crippen molar-refractivity contribution in [2.45, 2.75) is 18.8 Å². The van der Waals surface area contributed by atoms with E-state index in [0.717, 1.165) is 6.26 Å². The molecule has 2 aromatic rings. The number of hydrogen-bond acceptors (Lipinski definition) is 7. The molecule has 1 atom stereocenters. The molecule has 0 bridgehead atoms. The molecule has 1 amide bonds. The fourth-order valence-electron chi connectivity index (χ4n) is 2.08. The molecule has 0 radical (unpaired) electrons. The van der Waals surface area contributed by atoms with Crippen LogP contribution in [0.2, 0.25) is 0 Å². The van der Waals surface area contributed by atoms with Crippen molar-refractivity contribution < 1.29 is 22.7 Å². The zero-order chi connectivity index (χ0) is 19.3. The number of carbonyl (C=O) groups is 2. The highest BCUT2D eigenvalue weighted by atomic mass is 32.2. The monoisotopic (exact) mass is 392 g/mol. The predicted molar refractivity (Wildman–Crippen MR) is 97.5 cm³/mol. The van der Waals surface area contributed by atoms with Gasteiger partial charge in [-0.15, -0.1) is 11.3 Å². The highest BCUT2D eigenvalue weighted by molar-refractivity contribution is 7.89. The molecule has 1 heterocycles. The molecule has 7 nitrogen and oxygen atoms in total. The molecule has 0 aliphatic heterocycles. The van der Waals surface area contributed by atoms with Crippen LogP contribution >= 0.6 is 11.3 Å². The van der Waals surface area contributed by atoms with Crippen LogP contribution < -0.4 is 5.32 Å². The van der Waals surface area contributed by atoms with Gasteiger partial charge in [-0.25, -0.2) is 13.2 Å². The second kappa shape index (κ2) is 8.12. The third-order valence-electron chi connectivity index (χ3n) is 3.27. The van der Waals surface area contributed by atoms with E-state index in [1.165, 1.54) is 30.4 Å². The predicted octanol–water partition coefficient (Wildman–Crippen LogP) is 2.35. The first-order valence-corrected chi connectivity index (χ1v) is 10.4. The Morgan fingerprint density at radius 1 is 1.35 bits per heavy atom. The lowest BCUT2D eigenvalue weighted by Crippen LogP contribution is -2.30. The molecule has 0 spiro atoms. The molecule has 2 rings (SSSR count). The van der Waals surface area contributed by atoms with E-state index in [1.807, 2.05) is 6.07 Å². The van der Waals surface area contributed by atoms with Crippen LogP contribution in [0.3, 0.4) is 0 Å². The molecule has 1 aromatic carbocycles. The van der Waals surface area contributed by atoms with E-state index >= 15 is 0 Å². The summed E-state index contributed by atoms with van der Waals surface area (Å²) in [6, 6.07) is 9.56. The maximum atomic E-state index is 12.2. The number of esters is 1. The average Bonchev–Trinajstić information content (AvgIpc) is 3.00. The summed E-state index contributed by atoms with van der Waals surface area (Å²) in [6.45, 7) is 1.41. The highest BCUT2D eigenvalue weighted by Gasteiger charge is 2.21. The van der Waals surface area contributed by atoms with E-state index < -0.39 is 27.8 Å². The van der Waals surface area contributed by atoms with Crippen molar-refractivity contribution in [3.8, 4) is 6.07 Å². The molecule has 0 aliphatic carbocycles. The van der Waals surface area contributed by atoms with Gasteiger partial charge in [0.2, 0.25) is 0 Å². The Hall–Kier alpha value is -2.70. The number of benzene rings is 1. The molecule has 1 aromatic heterocycles. The fraction of sp³-hybridized carbons (Fsp3) is 0.235. The Balaban J connectivity index is 2.03. The summed E-state index contributed by atoms with van der Waals surface area (Å²) in [5.41, 5.74) is 0.936. The minimum absolute atomic E-state index is 0.152. The standard InChI is InChI=1S/C17H16N2O5S2/c1-11(15(20)19-16-14(9-18)6-7-25-16)24-17(21)13-5-3-4-12(8-13)10-26(2,22)23/h3-8,11H,10H2,1-2H3,(H,19,20)/t11-/m1/s1. The van der Waals surface area contributed by atoms with Crippen LogP contribution in [0.15, 0.2) is 35.7 Å². The van der Waals surface area contributed by atoms with Crippen LogP contribution in [0.4, 0.5) is 5.00 Å². The number of carbonyl (C=O) groups excluding carboxylic acids is 2. The number of thiophene rings is 1. The maximum Gasteiger partial charge on any atom is 0.338 e. The zero-order valence-electron chi connectivity index (χ0n) is 14.1. The quantitative estimate of drug-likeness (QED) is 0.755. The summed E-state index contributed by atoms with van der Waals surface area (Å²) in [5, 5.41) is 13.5. The number of sulfone groups is 1. The molecule has 0 aliphatic rings. The second-order valence-electron chi connectivity index (χ2n) is 5.58. The molecule has 0 unspecified atom stereocenters. The van der Waals surface area contributed by atoms with Crippen molar-refractivity contribution in [2.24, 2.45) is 0 Å². The number of hydrogen-bond donors (Lipinski definition) is 1. The van der Waals surface area contributed by atoms with Crippen LogP contribution in [0, 0.1) is 11.3 Å². The van der Waals surface area contributed by atoms with Gasteiger partial charge < -0.3 is 10.1 Å². The lowest BCUT2D eigenvalue weighted by Gasteiger charge is -2.13. The van der Waals surface area contributed by atoms with Crippen LogP contribution in [0.5, 0.6) is 0 Å². The SMILES string of the molecule is C[C@@H](OC(=O)c1cccc(CS(C)(=O)=O)c1)C(=O)Nc1sccc1C#N. The summed E-state index contributed by atoms with van der Waals surface area (Å²) >= 11 is 1.19. The van der Waals surface area contributed by atoms with Crippen LogP contribution in [0.25, 0.3) is 0 Å². The molecule has 26 heavy (non-hydrogen) atoms. The molecule has 0 saturated carbocycles. The number of rotatable bonds is 6. The summed E-state index contributed by atoms with van der Waals surface area (Å²) in [4.78, 5) is 24.3. The van der Waals surface area contributed by atoms with Crippen molar-refractivity contribution >= 4 is 38.1 Å². The molecular formula is C17H16N2O5S2. The third kappa shape index (κ3) is 5.40. The van der Waals surface area contributed by atoms with E-state index in [4.69, 9.17) is 10.00 Å². The molecule has 0 saturated heterocycles. The van der Waals surface area contributed by atoms with Crippen LogP contribution in [0.1, 0.15) is 28.4 Å². The Morgan fingerprint density at radius 2 is 2.08 bits per heavy atom. The van der Waals surface area contributed by atoms with Gasteiger partial charge in [0, 0.05) is 6.26 Å². The van der Waals surface area contributed by atoms with Gasteiger partial charge in [-0.3, -0.25) is 4.79 Å².